The van der Waals surface area contributed by atoms with E-state index in [2.05, 4.69) is 10.6 Å². The van der Waals surface area contributed by atoms with Gasteiger partial charge in [-0.05, 0) is 46.7 Å². The molecule has 0 radical (unpaired) electrons. The quantitative estimate of drug-likeness (QED) is 0.709. The fourth-order valence-corrected chi connectivity index (χ4v) is 2.02. The summed E-state index contributed by atoms with van der Waals surface area (Å²) in [5, 5.41) is 6.55. The number of likely N-dealkylation sites (N-methyl/N-ethyl adjacent to an activating group) is 1. The number of hydrogen-bond donors (Lipinski definition) is 2. The molecular formula is C12H24N2O2. The monoisotopic (exact) mass is 228 g/mol. The molecule has 1 heterocycles. The van der Waals surface area contributed by atoms with Gasteiger partial charge in [0.2, 0.25) is 0 Å². The van der Waals surface area contributed by atoms with Crippen LogP contribution in [0.3, 0.4) is 0 Å². The first kappa shape index (κ1) is 13.5. The van der Waals surface area contributed by atoms with Crippen LogP contribution in [-0.2, 0) is 9.53 Å². The van der Waals surface area contributed by atoms with E-state index in [1.807, 2.05) is 27.7 Å². The Morgan fingerprint density at radius 2 is 2.19 bits per heavy atom. The van der Waals surface area contributed by atoms with Crippen LogP contribution in [0.4, 0.5) is 0 Å². The molecule has 0 spiro atoms. The van der Waals surface area contributed by atoms with Crippen LogP contribution in [0.1, 0.15) is 40.5 Å². The van der Waals surface area contributed by atoms with Crippen LogP contribution in [0, 0.1) is 0 Å². The molecule has 1 fully saturated rings. The molecule has 16 heavy (non-hydrogen) atoms. The maximum absolute atomic E-state index is 12.2. The highest BCUT2D eigenvalue weighted by atomic mass is 16.6. The summed E-state index contributed by atoms with van der Waals surface area (Å²) >= 11 is 0. The minimum Gasteiger partial charge on any atom is -0.459 e. The van der Waals surface area contributed by atoms with Gasteiger partial charge < -0.3 is 15.4 Å². The molecular weight excluding hydrogens is 204 g/mol. The number of rotatable bonds is 3. The third-order valence-electron chi connectivity index (χ3n) is 2.69. The Labute approximate surface area is 98.1 Å². The van der Waals surface area contributed by atoms with Gasteiger partial charge in [0.05, 0.1) is 0 Å². The van der Waals surface area contributed by atoms with Crippen LogP contribution in [0.2, 0.25) is 0 Å². The van der Waals surface area contributed by atoms with Crippen molar-refractivity contribution in [1.82, 2.24) is 10.6 Å². The maximum Gasteiger partial charge on any atom is 0.328 e. The molecule has 94 valence electrons. The molecule has 0 aromatic heterocycles. The topological polar surface area (TPSA) is 50.4 Å². The second-order valence-corrected chi connectivity index (χ2v) is 5.39. The molecule has 1 rings (SSSR count). The number of nitrogens with one attached hydrogen (secondary N) is 2. The van der Waals surface area contributed by atoms with Gasteiger partial charge >= 0.3 is 5.97 Å². The lowest BCUT2D eigenvalue weighted by Crippen LogP contribution is -2.62. The summed E-state index contributed by atoms with van der Waals surface area (Å²) in [7, 11) is 0. The predicted molar refractivity (Wildman–Crippen MR) is 64.4 cm³/mol. The van der Waals surface area contributed by atoms with Gasteiger partial charge in [0.25, 0.3) is 0 Å². The van der Waals surface area contributed by atoms with Crippen molar-refractivity contribution in [2.45, 2.75) is 51.7 Å². The summed E-state index contributed by atoms with van der Waals surface area (Å²) in [6, 6.07) is 0. The number of ether oxygens (including phenoxy) is 1. The second-order valence-electron chi connectivity index (χ2n) is 5.39. The van der Waals surface area contributed by atoms with E-state index in [1.54, 1.807) is 0 Å². The molecule has 0 aromatic rings. The number of esters is 1. The van der Waals surface area contributed by atoms with Crippen LogP contribution >= 0.6 is 0 Å². The van der Waals surface area contributed by atoms with E-state index >= 15 is 0 Å². The Kier molecular flexibility index (Phi) is 4.33. The Hall–Kier alpha value is -0.610. The number of hydrogen-bond acceptors (Lipinski definition) is 4. The van der Waals surface area contributed by atoms with Gasteiger partial charge in [0, 0.05) is 6.54 Å². The third-order valence-corrected chi connectivity index (χ3v) is 2.69. The first-order valence-electron chi connectivity index (χ1n) is 6.09. The number of piperidine rings is 1. The minimum absolute atomic E-state index is 0.131. The highest BCUT2D eigenvalue weighted by molar-refractivity contribution is 5.81. The Morgan fingerprint density at radius 3 is 2.62 bits per heavy atom. The summed E-state index contributed by atoms with van der Waals surface area (Å²) < 4.78 is 5.49. The van der Waals surface area contributed by atoms with Gasteiger partial charge in [-0.2, -0.15) is 0 Å². The van der Waals surface area contributed by atoms with Crippen molar-refractivity contribution < 1.29 is 9.53 Å². The summed E-state index contributed by atoms with van der Waals surface area (Å²) in [5.41, 5.74) is -0.947. The first-order valence-corrected chi connectivity index (χ1v) is 6.09. The van der Waals surface area contributed by atoms with Gasteiger partial charge in [-0.3, -0.25) is 0 Å². The van der Waals surface area contributed by atoms with E-state index in [9.17, 15) is 4.79 Å². The highest BCUT2D eigenvalue weighted by Crippen LogP contribution is 2.21. The summed E-state index contributed by atoms with van der Waals surface area (Å²) in [6.45, 7) is 10.1. The van der Waals surface area contributed by atoms with E-state index in [4.69, 9.17) is 4.74 Å². The van der Waals surface area contributed by atoms with Crippen molar-refractivity contribution in [3.63, 3.8) is 0 Å². The van der Waals surface area contributed by atoms with Gasteiger partial charge in [-0.1, -0.05) is 6.92 Å². The maximum atomic E-state index is 12.2. The summed E-state index contributed by atoms with van der Waals surface area (Å²) in [6.07, 6.45) is 1.86. The van der Waals surface area contributed by atoms with Gasteiger partial charge in [0.1, 0.15) is 11.1 Å². The van der Waals surface area contributed by atoms with E-state index in [-0.39, 0.29) is 5.97 Å². The molecule has 2 N–H and O–H groups in total. The molecule has 4 nitrogen and oxygen atoms in total. The van der Waals surface area contributed by atoms with E-state index in [1.165, 1.54) is 0 Å². The zero-order chi connectivity index (χ0) is 12.2. The molecule has 1 atom stereocenters. The third kappa shape index (κ3) is 3.46. The van der Waals surface area contributed by atoms with Gasteiger partial charge in [-0.25, -0.2) is 4.79 Å². The summed E-state index contributed by atoms with van der Waals surface area (Å²) in [4.78, 5) is 12.2. The molecule has 1 aliphatic rings. The van der Waals surface area contributed by atoms with Gasteiger partial charge in [0.15, 0.2) is 0 Å². The lowest BCUT2D eigenvalue weighted by Gasteiger charge is -2.38. The van der Waals surface area contributed by atoms with E-state index in [0.29, 0.717) is 6.54 Å². The lowest BCUT2D eigenvalue weighted by atomic mass is 9.90. The van der Waals surface area contributed by atoms with Crippen molar-refractivity contribution in [2.24, 2.45) is 0 Å². The van der Waals surface area contributed by atoms with Crippen molar-refractivity contribution >= 4 is 5.97 Å². The molecule has 1 saturated heterocycles. The second kappa shape index (κ2) is 5.15. The molecule has 0 aromatic carbocycles. The fourth-order valence-electron chi connectivity index (χ4n) is 2.02. The SMILES string of the molecule is CCNC1(C(=O)OC(C)(C)C)CCCNC1. The standard InChI is InChI=1S/C12H24N2O2/c1-5-14-12(7-6-8-13-9-12)10(15)16-11(2,3)4/h13-14H,5-9H2,1-4H3. The predicted octanol–water partition coefficient (Wildman–Crippen LogP) is 1.06. The molecule has 0 bridgehead atoms. The Bertz CT molecular complexity index is 234. The van der Waals surface area contributed by atoms with Crippen molar-refractivity contribution in [2.75, 3.05) is 19.6 Å². The zero-order valence-electron chi connectivity index (χ0n) is 10.9. The minimum atomic E-state index is -0.527. The van der Waals surface area contributed by atoms with Crippen molar-refractivity contribution in [3.8, 4) is 0 Å². The molecule has 4 heteroatoms. The average Bonchev–Trinajstić information content (AvgIpc) is 2.17. The highest BCUT2D eigenvalue weighted by Gasteiger charge is 2.41. The van der Waals surface area contributed by atoms with Crippen LogP contribution in [0.5, 0.6) is 0 Å². The lowest BCUT2D eigenvalue weighted by molar-refractivity contribution is -0.164. The van der Waals surface area contributed by atoms with E-state index < -0.39 is 11.1 Å². The van der Waals surface area contributed by atoms with Crippen molar-refractivity contribution in [3.05, 3.63) is 0 Å². The van der Waals surface area contributed by atoms with E-state index in [0.717, 1.165) is 25.9 Å². The number of carbonyl (C=O) groups excluding carboxylic acids is 1. The molecule has 1 unspecified atom stereocenters. The van der Waals surface area contributed by atoms with Gasteiger partial charge in [-0.15, -0.1) is 0 Å². The molecule has 0 saturated carbocycles. The fraction of sp³-hybridized carbons (Fsp3) is 0.917. The number of carbonyl (C=O) groups is 1. The zero-order valence-corrected chi connectivity index (χ0v) is 10.9. The first-order chi connectivity index (χ1) is 7.40. The molecule has 1 aliphatic heterocycles. The molecule has 0 amide bonds. The van der Waals surface area contributed by atoms with Crippen LogP contribution in [-0.4, -0.2) is 36.7 Å². The van der Waals surface area contributed by atoms with Crippen LogP contribution < -0.4 is 10.6 Å². The Morgan fingerprint density at radius 1 is 1.50 bits per heavy atom. The van der Waals surface area contributed by atoms with Crippen LogP contribution in [0.15, 0.2) is 0 Å². The summed E-state index contributed by atoms with van der Waals surface area (Å²) in [5.74, 6) is -0.131. The smallest absolute Gasteiger partial charge is 0.328 e. The van der Waals surface area contributed by atoms with Crippen molar-refractivity contribution in [1.29, 1.82) is 0 Å². The molecule has 0 aliphatic carbocycles. The largest absolute Gasteiger partial charge is 0.459 e. The van der Waals surface area contributed by atoms with Crippen LogP contribution in [0.25, 0.3) is 0 Å². The normalized spacial score (nSPS) is 26.5. The Balaban J connectivity index is 2.72. The average molecular weight is 228 g/mol.